The van der Waals surface area contributed by atoms with Crippen LogP contribution in [-0.2, 0) is 6.18 Å². The van der Waals surface area contributed by atoms with E-state index in [0.717, 1.165) is 12.6 Å². The van der Waals surface area contributed by atoms with Crippen LogP contribution in [0, 0.1) is 0 Å². The standard InChI is InChI=1S/C9H11F3N4/c10-9(11,12)8-14-3-1-7(15-8)16-4-2-6(13)5-16/h1,3,6H,2,4-5,13H2/t6-/m1/s1. The van der Waals surface area contributed by atoms with E-state index >= 15 is 0 Å². The van der Waals surface area contributed by atoms with Gasteiger partial charge in [-0.1, -0.05) is 0 Å². The summed E-state index contributed by atoms with van der Waals surface area (Å²) in [4.78, 5) is 8.44. The van der Waals surface area contributed by atoms with Crippen molar-refractivity contribution >= 4 is 5.82 Å². The van der Waals surface area contributed by atoms with Crippen molar-refractivity contribution in [3.63, 3.8) is 0 Å². The molecule has 0 unspecified atom stereocenters. The van der Waals surface area contributed by atoms with Crippen molar-refractivity contribution in [2.75, 3.05) is 18.0 Å². The molecular weight excluding hydrogens is 221 g/mol. The van der Waals surface area contributed by atoms with Crippen LogP contribution in [0.4, 0.5) is 19.0 Å². The summed E-state index contributed by atoms with van der Waals surface area (Å²) in [6.45, 7) is 1.17. The summed E-state index contributed by atoms with van der Waals surface area (Å²) in [6, 6.07) is 1.47. The topological polar surface area (TPSA) is 55.0 Å². The van der Waals surface area contributed by atoms with Crippen LogP contribution >= 0.6 is 0 Å². The fourth-order valence-corrected chi connectivity index (χ4v) is 1.66. The van der Waals surface area contributed by atoms with Gasteiger partial charge in [-0.15, -0.1) is 0 Å². The first-order valence-corrected chi connectivity index (χ1v) is 4.87. The molecule has 0 aliphatic carbocycles. The molecule has 0 amide bonds. The molecule has 88 valence electrons. The van der Waals surface area contributed by atoms with Gasteiger partial charge in [0, 0.05) is 25.3 Å². The third-order valence-corrected chi connectivity index (χ3v) is 2.44. The third-order valence-electron chi connectivity index (χ3n) is 2.44. The second-order valence-electron chi connectivity index (χ2n) is 3.73. The van der Waals surface area contributed by atoms with Crippen molar-refractivity contribution in [1.82, 2.24) is 9.97 Å². The number of nitrogens with zero attached hydrogens (tertiary/aromatic N) is 3. The highest BCUT2D eigenvalue weighted by molar-refractivity contribution is 5.39. The number of aromatic nitrogens is 2. The van der Waals surface area contributed by atoms with E-state index in [1.54, 1.807) is 4.90 Å². The number of halogens is 3. The maximum Gasteiger partial charge on any atom is 0.451 e. The van der Waals surface area contributed by atoms with Gasteiger partial charge in [0.15, 0.2) is 0 Å². The van der Waals surface area contributed by atoms with Crippen LogP contribution in [0.5, 0.6) is 0 Å². The predicted octanol–water partition coefficient (Wildman–Crippen LogP) is 1.03. The van der Waals surface area contributed by atoms with E-state index < -0.39 is 12.0 Å². The Morgan fingerprint density at radius 1 is 1.44 bits per heavy atom. The van der Waals surface area contributed by atoms with Gasteiger partial charge in [0.05, 0.1) is 0 Å². The Morgan fingerprint density at radius 2 is 2.19 bits per heavy atom. The lowest BCUT2D eigenvalue weighted by molar-refractivity contribution is -0.144. The van der Waals surface area contributed by atoms with Gasteiger partial charge in [0.1, 0.15) is 5.82 Å². The molecule has 0 saturated carbocycles. The van der Waals surface area contributed by atoms with E-state index in [9.17, 15) is 13.2 Å². The summed E-state index contributed by atoms with van der Waals surface area (Å²) in [5.41, 5.74) is 5.68. The molecule has 1 aromatic heterocycles. The Labute approximate surface area is 90.3 Å². The first kappa shape index (κ1) is 11.1. The second kappa shape index (κ2) is 3.89. The lowest BCUT2D eigenvalue weighted by Crippen LogP contribution is -2.27. The van der Waals surface area contributed by atoms with Gasteiger partial charge < -0.3 is 10.6 Å². The summed E-state index contributed by atoms with van der Waals surface area (Å²) in [5, 5.41) is 0. The van der Waals surface area contributed by atoms with Crippen LogP contribution in [0.15, 0.2) is 12.3 Å². The Morgan fingerprint density at radius 3 is 2.75 bits per heavy atom. The first-order chi connectivity index (χ1) is 7.47. The van der Waals surface area contributed by atoms with Crippen molar-refractivity contribution in [3.05, 3.63) is 18.1 Å². The molecule has 0 spiro atoms. The average molecular weight is 232 g/mol. The van der Waals surface area contributed by atoms with Crippen molar-refractivity contribution < 1.29 is 13.2 Å². The molecule has 1 fully saturated rings. The minimum atomic E-state index is -4.50. The molecule has 1 aliphatic rings. The molecule has 2 rings (SSSR count). The number of alkyl halides is 3. The third kappa shape index (κ3) is 2.24. The Kier molecular flexibility index (Phi) is 2.71. The molecule has 0 aromatic carbocycles. The number of rotatable bonds is 1. The molecule has 16 heavy (non-hydrogen) atoms. The number of hydrogen-bond acceptors (Lipinski definition) is 4. The molecule has 1 aromatic rings. The van der Waals surface area contributed by atoms with E-state index in [1.807, 2.05) is 0 Å². The Balaban J connectivity index is 2.23. The second-order valence-corrected chi connectivity index (χ2v) is 3.73. The van der Waals surface area contributed by atoms with E-state index in [0.29, 0.717) is 13.1 Å². The highest BCUT2D eigenvalue weighted by Gasteiger charge is 2.35. The summed E-state index contributed by atoms with van der Waals surface area (Å²) in [7, 11) is 0. The molecule has 1 saturated heterocycles. The monoisotopic (exact) mass is 232 g/mol. The van der Waals surface area contributed by atoms with E-state index in [1.165, 1.54) is 6.07 Å². The molecule has 2 N–H and O–H groups in total. The molecule has 2 heterocycles. The van der Waals surface area contributed by atoms with E-state index in [2.05, 4.69) is 9.97 Å². The normalized spacial score (nSPS) is 21.5. The van der Waals surface area contributed by atoms with Gasteiger partial charge in [-0.05, 0) is 12.5 Å². The summed E-state index contributed by atoms with van der Waals surface area (Å²) in [5.74, 6) is -0.819. The largest absolute Gasteiger partial charge is 0.451 e. The van der Waals surface area contributed by atoms with Gasteiger partial charge in [0.25, 0.3) is 0 Å². The van der Waals surface area contributed by atoms with Gasteiger partial charge >= 0.3 is 6.18 Å². The zero-order valence-electron chi connectivity index (χ0n) is 8.41. The molecule has 1 aliphatic heterocycles. The Hall–Kier alpha value is -1.37. The fourth-order valence-electron chi connectivity index (χ4n) is 1.66. The van der Waals surface area contributed by atoms with Gasteiger partial charge in [-0.2, -0.15) is 13.2 Å². The molecular formula is C9H11F3N4. The van der Waals surface area contributed by atoms with Gasteiger partial charge in [0.2, 0.25) is 5.82 Å². The predicted molar refractivity (Wildman–Crippen MR) is 51.8 cm³/mol. The fraction of sp³-hybridized carbons (Fsp3) is 0.556. The maximum atomic E-state index is 12.4. The van der Waals surface area contributed by atoms with Crippen molar-refractivity contribution in [2.45, 2.75) is 18.6 Å². The van der Waals surface area contributed by atoms with Crippen LogP contribution in [0.1, 0.15) is 12.2 Å². The lowest BCUT2D eigenvalue weighted by atomic mass is 10.3. The van der Waals surface area contributed by atoms with Gasteiger partial charge in [-0.3, -0.25) is 0 Å². The van der Waals surface area contributed by atoms with E-state index in [-0.39, 0.29) is 11.9 Å². The molecule has 1 atom stereocenters. The lowest BCUT2D eigenvalue weighted by Gasteiger charge is -2.17. The smallest absolute Gasteiger partial charge is 0.355 e. The summed E-state index contributed by atoms with van der Waals surface area (Å²) < 4.78 is 37.1. The van der Waals surface area contributed by atoms with Gasteiger partial charge in [-0.25, -0.2) is 9.97 Å². The quantitative estimate of drug-likeness (QED) is 0.785. The molecule has 7 heteroatoms. The molecule has 0 radical (unpaired) electrons. The van der Waals surface area contributed by atoms with Crippen LogP contribution in [0.2, 0.25) is 0 Å². The van der Waals surface area contributed by atoms with Crippen LogP contribution in [0.3, 0.4) is 0 Å². The number of anilines is 1. The van der Waals surface area contributed by atoms with Crippen molar-refractivity contribution in [3.8, 4) is 0 Å². The average Bonchev–Trinajstić information content (AvgIpc) is 2.64. The van der Waals surface area contributed by atoms with E-state index in [4.69, 9.17) is 5.73 Å². The first-order valence-electron chi connectivity index (χ1n) is 4.87. The van der Waals surface area contributed by atoms with Crippen molar-refractivity contribution in [1.29, 1.82) is 0 Å². The van der Waals surface area contributed by atoms with Crippen LogP contribution < -0.4 is 10.6 Å². The van der Waals surface area contributed by atoms with Crippen LogP contribution in [0.25, 0.3) is 0 Å². The molecule has 0 bridgehead atoms. The SMILES string of the molecule is N[C@@H]1CCN(c2ccnc(C(F)(F)F)n2)C1. The zero-order chi connectivity index (χ0) is 11.8. The molecule has 4 nitrogen and oxygen atoms in total. The number of nitrogens with two attached hydrogens (primary N) is 1. The van der Waals surface area contributed by atoms with Crippen LogP contribution in [-0.4, -0.2) is 29.1 Å². The Bertz CT molecular complexity index is 379. The summed E-state index contributed by atoms with van der Waals surface area (Å²) in [6.07, 6.45) is -2.61. The van der Waals surface area contributed by atoms with Crippen molar-refractivity contribution in [2.24, 2.45) is 5.73 Å². The highest BCUT2D eigenvalue weighted by Crippen LogP contribution is 2.27. The minimum absolute atomic E-state index is 0.00398. The highest BCUT2D eigenvalue weighted by atomic mass is 19.4. The zero-order valence-corrected chi connectivity index (χ0v) is 8.41. The minimum Gasteiger partial charge on any atom is -0.355 e. The summed E-state index contributed by atoms with van der Waals surface area (Å²) >= 11 is 0. The number of hydrogen-bond donors (Lipinski definition) is 1. The maximum absolute atomic E-state index is 12.4.